The van der Waals surface area contributed by atoms with Gasteiger partial charge in [-0.15, -0.1) is 0 Å². The molecule has 0 unspecified atom stereocenters. The highest BCUT2D eigenvalue weighted by molar-refractivity contribution is 7.99. The smallest absolute Gasteiger partial charge is 0.230 e. The molecule has 0 rings (SSSR count). The van der Waals surface area contributed by atoms with Gasteiger partial charge in [-0.2, -0.15) is 11.8 Å². The Hall–Kier alpha value is -0.220. The Morgan fingerprint density at radius 1 is 1.43 bits per heavy atom. The summed E-state index contributed by atoms with van der Waals surface area (Å²) in [5.74, 6) is 0.548. The topological polar surface area (TPSA) is 49.3 Å². The predicted octanol–water partition coefficient (Wildman–Crippen LogP) is 1.26. The Kier molecular flexibility index (Phi) is 7.01. The van der Waals surface area contributed by atoms with Crippen molar-refractivity contribution >= 4 is 17.7 Å². The summed E-state index contributed by atoms with van der Waals surface area (Å²) in [5.41, 5.74) is -0.131. The molecule has 0 spiro atoms. The quantitative estimate of drug-likeness (QED) is 0.678. The number of rotatable bonds is 7. The molecular weight excluding hydrogens is 198 g/mol. The summed E-state index contributed by atoms with van der Waals surface area (Å²) in [5, 5.41) is 12.1. The van der Waals surface area contributed by atoms with E-state index in [-0.39, 0.29) is 17.9 Å². The second-order valence-electron chi connectivity index (χ2n) is 3.57. The largest absolute Gasteiger partial charge is 0.396 e. The van der Waals surface area contributed by atoms with Crippen LogP contribution < -0.4 is 5.32 Å². The molecule has 0 heterocycles. The number of amides is 1. The summed E-state index contributed by atoms with van der Waals surface area (Å²) in [6, 6.07) is 0. The molecule has 2 N–H and O–H groups in total. The van der Waals surface area contributed by atoms with Crippen LogP contribution in [-0.4, -0.2) is 36.2 Å². The fraction of sp³-hybridized carbons (Fsp3) is 0.900. The van der Waals surface area contributed by atoms with Crippen molar-refractivity contribution in [3.05, 3.63) is 0 Å². The van der Waals surface area contributed by atoms with Crippen LogP contribution in [0.3, 0.4) is 0 Å². The average molecular weight is 219 g/mol. The van der Waals surface area contributed by atoms with Crippen molar-refractivity contribution in [1.82, 2.24) is 5.32 Å². The Bertz CT molecular complexity index is 161. The van der Waals surface area contributed by atoms with Gasteiger partial charge in [0.1, 0.15) is 0 Å². The first-order valence-electron chi connectivity index (χ1n) is 5.00. The van der Waals surface area contributed by atoms with Gasteiger partial charge in [0, 0.05) is 12.0 Å². The Morgan fingerprint density at radius 3 is 2.36 bits per heavy atom. The van der Waals surface area contributed by atoms with Gasteiger partial charge in [-0.25, -0.2) is 0 Å². The fourth-order valence-corrected chi connectivity index (χ4v) is 1.61. The lowest BCUT2D eigenvalue weighted by Gasteiger charge is -2.29. The molecule has 14 heavy (non-hydrogen) atoms. The summed E-state index contributed by atoms with van der Waals surface area (Å²) < 4.78 is 0. The molecule has 84 valence electrons. The summed E-state index contributed by atoms with van der Waals surface area (Å²) in [4.78, 5) is 11.2. The van der Waals surface area contributed by atoms with E-state index >= 15 is 0 Å². The van der Waals surface area contributed by atoms with Gasteiger partial charge < -0.3 is 10.4 Å². The van der Waals surface area contributed by atoms with Crippen molar-refractivity contribution in [3.8, 4) is 0 Å². The van der Waals surface area contributed by atoms with Gasteiger partial charge in [0.25, 0.3) is 0 Å². The molecule has 0 radical (unpaired) electrons. The highest BCUT2D eigenvalue weighted by Crippen LogP contribution is 2.24. The highest BCUT2D eigenvalue weighted by Gasteiger charge is 2.25. The molecule has 0 aliphatic rings. The van der Waals surface area contributed by atoms with Gasteiger partial charge >= 0.3 is 0 Å². The van der Waals surface area contributed by atoms with Gasteiger partial charge in [-0.3, -0.25) is 4.79 Å². The Morgan fingerprint density at radius 2 is 2.00 bits per heavy atom. The first-order chi connectivity index (χ1) is 6.64. The predicted molar refractivity (Wildman–Crippen MR) is 61.5 cm³/mol. The lowest BCUT2D eigenvalue weighted by atomic mass is 9.83. The van der Waals surface area contributed by atoms with Crippen LogP contribution in [0.15, 0.2) is 0 Å². The minimum absolute atomic E-state index is 0.0530. The third kappa shape index (κ3) is 4.33. The van der Waals surface area contributed by atoms with Crippen molar-refractivity contribution in [1.29, 1.82) is 0 Å². The number of hydrogen-bond acceptors (Lipinski definition) is 3. The molecular formula is C10H21NO2S. The van der Waals surface area contributed by atoms with Crippen LogP contribution >= 0.6 is 11.8 Å². The van der Waals surface area contributed by atoms with Gasteiger partial charge in [0.15, 0.2) is 0 Å². The SMILES string of the molecule is CCC(CC)(CO)CNC(=O)CSC. The third-order valence-corrected chi connectivity index (χ3v) is 3.32. The number of carbonyl (C=O) groups is 1. The van der Waals surface area contributed by atoms with E-state index < -0.39 is 0 Å². The summed E-state index contributed by atoms with van der Waals surface area (Å²) in [7, 11) is 0. The molecule has 0 bridgehead atoms. The standard InChI is InChI=1S/C10H21NO2S/c1-4-10(5-2,8-12)7-11-9(13)6-14-3/h12H,4-8H2,1-3H3,(H,11,13). The van der Waals surface area contributed by atoms with Crippen LogP contribution in [0.25, 0.3) is 0 Å². The van der Waals surface area contributed by atoms with E-state index in [1.807, 2.05) is 20.1 Å². The van der Waals surface area contributed by atoms with Crippen LogP contribution in [0.5, 0.6) is 0 Å². The van der Waals surface area contributed by atoms with Gasteiger partial charge in [0.05, 0.1) is 12.4 Å². The summed E-state index contributed by atoms with van der Waals surface area (Å²) in [6.07, 6.45) is 3.68. The maximum Gasteiger partial charge on any atom is 0.230 e. The summed E-state index contributed by atoms with van der Waals surface area (Å²) in [6.45, 7) is 4.80. The first kappa shape index (κ1) is 13.8. The maximum absolute atomic E-state index is 11.2. The molecule has 0 aliphatic heterocycles. The van der Waals surface area contributed by atoms with Gasteiger partial charge in [0.2, 0.25) is 5.91 Å². The number of thioether (sulfide) groups is 1. The van der Waals surface area contributed by atoms with E-state index in [2.05, 4.69) is 5.32 Å². The molecule has 0 aromatic carbocycles. The Labute approximate surface area is 90.7 Å². The van der Waals surface area contributed by atoms with Crippen LogP contribution in [0, 0.1) is 5.41 Å². The van der Waals surface area contributed by atoms with E-state index in [0.29, 0.717) is 12.3 Å². The van der Waals surface area contributed by atoms with E-state index in [9.17, 15) is 9.90 Å². The monoisotopic (exact) mass is 219 g/mol. The number of hydrogen-bond donors (Lipinski definition) is 2. The molecule has 0 aromatic heterocycles. The maximum atomic E-state index is 11.2. The zero-order valence-electron chi connectivity index (χ0n) is 9.30. The van der Waals surface area contributed by atoms with Gasteiger partial charge in [-0.1, -0.05) is 13.8 Å². The van der Waals surface area contributed by atoms with E-state index in [1.165, 1.54) is 11.8 Å². The van der Waals surface area contributed by atoms with Crippen molar-refractivity contribution in [3.63, 3.8) is 0 Å². The summed E-state index contributed by atoms with van der Waals surface area (Å²) >= 11 is 1.51. The normalized spacial score (nSPS) is 11.4. The molecule has 0 atom stereocenters. The molecule has 4 heteroatoms. The zero-order chi connectivity index (χ0) is 11.0. The second kappa shape index (κ2) is 7.12. The molecule has 0 saturated heterocycles. The molecule has 1 amide bonds. The van der Waals surface area contributed by atoms with Crippen molar-refractivity contribution in [2.24, 2.45) is 5.41 Å². The molecule has 0 fully saturated rings. The first-order valence-corrected chi connectivity index (χ1v) is 6.40. The van der Waals surface area contributed by atoms with Crippen molar-refractivity contribution < 1.29 is 9.90 Å². The lowest BCUT2D eigenvalue weighted by Crippen LogP contribution is -2.40. The van der Waals surface area contributed by atoms with Crippen LogP contribution in [0.4, 0.5) is 0 Å². The highest BCUT2D eigenvalue weighted by atomic mass is 32.2. The van der Waals surface area contributed by atoms with Crippen LogP contribution in [-0.2, 0) is 4.79 Å². The van der Waals surface area contributed by atoms with Crippen LogP contribution in [0.2, 0.25) is 0 Å². The Balaban J connectivity index is 3.99. The molecule has 0 aliphatic carbocycles. The number of aliphatic hydroxyl groups is 1. The number of nitrogens with one attached hydrogen (secondary N) is 1. The molecule has 3 nitrogen and oxygen atoms in total. The van der Waals surface area contributed by atoms with Crippen molar-refractivity contribution in [2.75, 3.05) is 25.2 Å². The third-order valence-electron chi connectivity index (χ3n) is 2.77. The zero-order valence-corrected chi connectivity index (χ0v) is 10.1. The molecule has 0 aromatic rings. The van der Waals surface area contributed by atoms with E-state index in [1.54, 1.807) is 0 Å². The second-order valence-corrected chi connectivity index (χ2v) is 4.44. The fourth-order valence-electron chi connectivity index (χ4n) is 1.25. The van der Waals surface area contributed by atoms with E-state index in [0.717, 1.165) is 12.8 Å². The van der Waals surface area contributed by atoms with Crippen LogP contribution in [0.1, 0.15) is 26.7 Å². The lowest BCUT2D eigenvalue weighted by molar-refractivity contribution is -0.119. The molecule has 0 saturated carbocycles. The minimum Gasteiger partial charge on any atom is -0.396 e. The number of aliphatic hydroxyl groups excluding tert-OH is 1. The number of carbonyl (C=O) groups excluding carboxylic acids is 1. The minimum atomic E-state index is -0.131. The average Bonchev–Trinajstić information content (AvgIpc) is 2.21. The van der Waals surface area contributed by atoms with E-state index in [4.69, 9.17) is 0 Å². The van der Waals surface area contributed by atoms with Gasteiger partial charge in [-0.05, 0) is 19.1 Å². The van der Waals surface area contributed by atoms with Crippen molar-refractivity contribution in [2.45, 2.75) is 26.7 Å².